The summed E-state index contributed by atoms with van der Waals surface area (Å²) >= 11 is 0. The Morgan fingerprint density at radius 2 is 0.763 bits per heavy atom. The smallest absolute Gasteiger partial charge is 0.311 e. The van der Waals surface area contributed by atoms with Crippen molar-refractivity contribution < 1.29 is 9.53 Å². The quantitative estimate of drug-likeness (QED) is 0.0266. The van der Waals surface area contributed by atoms with E-state index >= 15 is 0 Å². The summed E-state index contributed by atoms with van der Waals surface area (Å²) < 4.78 is 5.70. The van der Waals surface area contributed by atoms with E-state index < -0.39 is 0 Å². The Hall–Kier alpha value is -5.81. The third kappa shape index (κ3) is 14.2. The number of carbonyl (C=O) groups excluding carboxylic acids is 1. The molecule has 304 valence electrons. The molecule has 0 bridgehead atoms. The van der Waals surface area contributed by atoms with Crippen LogP contribution in [0.25, 0.3) is 22.3 Å². The highest BCUT2D eigenvalue weighted by molar-refractivity contribution is 5.80. The number of hydrogen-bond acceptors (Lipinski definition) is 5. The van der Waals surface area contributed by atoms with Gasteiger partial charge in [0, 0.05) is 23.5 Å². The molecule has 0 aliphatic carbocycles. The van der Waals surface area contributed by atoms with Crippen molar-refractivity contribution in [1.82, 2.24) is 0 Å². The number of rotatable bonds is 24. The Morgan fingerprint density at radius 1 is 0.407 bits per heavy atom. The number of azo groups is 1. The second kappa shape index (κ2) is 24.2. The van der Waals surface area contributed by atoms with E-state index in [0.717, 1.165) is 52.4 Å². The fourth-order valence-corrected chi connectivity index (χ4v) is 7.50. The van der Waals surface area contributed by atoms with E-state index in [4.69, 9.17) is 4.74 Å². The Morgan fingerprint density at radius 3 is 1.22 bits per heavy atom. The van der Waals surface area contributed by atoms with Gasteiger partial charge in [0.05, 0.1) is 11.4 Å². The summed E-state index contributed by atoms with van der Waals surface area (Å²) in [5.74, 6) is 0.439. The van der Waals surface area contributed by atoms with Crippen LogP contribution in [0, 0.1) is 0 Å². The molecule has 0 unspecified atom stereocenters. The van der Waals surface area contributed by atoms with E-state index in [9.17, 15) is 4.79 Å². The molecular formula is C54H61N3O2. The Bertz CT molecular complexity index is 2100. The summed E-state index contributed by atoms with van der Waals surface area (Å²) in [4.78, 5) is 14.8. The third-order valence-electron chi connectivity index (χ3n) is 10.9. The van der Waals surface area contributed by atoms with Crippen LogP contribution in [-0.4, -0.2) is 5.97 Å². The van der Waals surface area contributed by atoms with Crippen molar-refractivity contribution in [2.75, 3.05) is 4.90 Å². The topological polar surface area (TPSA) is 54.3 Å². The first-order valence-electron chi connectivity index (χ1n) is 22.1. The lowest BCUT2D eigenvalue weighted by Gasteiger charge is -2.26. The van der Waals surface area contributed by atoms with Crippen LogP contribution in [0.4, 0.5) is 28.4 Å². The van der Waals surface area contributed by atoms with Gasteiger partial charge in [-0.3, -0.25) is 4.79 Å². The minimum Gasteiger partial charge on any atom is -0.427 e. The maximum absolute atomic E-state index is 12.6. The zero-order chi connectivity index (χ0) is 40.7. The molecule has 0 fully saturated rings. The lowest BCUT2D eigenvalue weighted by Crippen LogP contribution is -2.09. The molecule has 0 saturated carbocycles. The van der Waals surface area contributed by atoms with Crippen molar-refractivity contribution in [3.05, 3.63) is 158 Å². The van der Waals surface area contributed by atoms with Gasteiger partial charge in [-0.25, -0.2) is 0 Å². The van der Waals surface area contributed by atoms with Crippen LogP contribution in [0.5, 0.6) is 5.75 Å². The van der Waals surface area contributed by atoms with Crippen molar-refractivity contribution in [1.29, 1.82) is 0 Å². The summed E-state index contributed by atoms with van der Waals surface area (Å²) in [6.07, 6.45) is 20.1. The highest BCUT2D eigenvalue weighted by Gasteiger charge is 2.14. The number of nitrogens with zero attached hydrogens (tertiary/aromatic N) is 3. The minimum atomic E-state index is -0.152. The van der Waals surface area contributed by atoms with Crippen molar-refractivity contribution in [2.45, 2.75) is 110 Å². The van der Waals surface area contributed by atoms with E-state index in [-0.39, 0.29) is 5.97 Å². The van der Waals surface area contributed by atoms with Crippen LogP contribution in [0.1, 0.15) is 110 Å². The molecule has 6 aromatic carbocycles. The molecule has 5 nitrogen and oxygen atoms in total. The molecule has 0 amide bonds. The maximum Gasteiger partial charge on any atom is 0.311 e. The van der Waals surface area contributed by atoms with E-state index in [0.29, 0.717) is 12.2 Å². The molecule has 0 saturated heterocycles. The molecule has 0 atom stereocenters. The van der Waals surface area contributed by atoms with Gasteiger partial charge in [-0.15, -0.1) is 0 Å². The number of esters is 1. The van der Waals surface area contributed by atoms with Gasteiger partial charge < -0.3 is 9.64 Å². The summed E-state index contributed by atoms with van der Waals surface area (Å²) in [7, 11) is 0. The van der Waals surface area contributed by atoms with Crippen LogP contribution in [0.3, 0.4) is 0 Å². The van der Waals surface area contributed by atoms with Gasteiger partial charge in [0.1, 0.15) is 5.75 Å². The fourth-order valence-electron chi connectivity index (χ4n) is 7.50. The first-order chi connectivity index (χ1) is 29.2. The predicted octanol–water partition coefficient (Wildman–Crippen LogP) is 17.1. The molecule has 6 aromatic rings. The van der Waals surface area contributed by atoms with Crippen LogP contribution in [0.2, 0.25) is 0 Å². The number of unbranched alkanes of at least 4 members (excludes halogenated alkanes) is 14. The van der Waals surface area contributed by atoms with E-state index in [1.807, 2.05) is 72.8 Å². The first kappa shape index (κ1) is 42.8. The minimum absolute atomic E-state index is 0.152. The maximum atomic E-state index is 12.6. The van der Waals surface area contributed by atoms with Crippen LogP contribution in [-0.2, 0) is 4.79 Å². The fraction of sp³-hybridized carbons (Fsp3) is 0.315. The molecule has 6 rings (SSSR count). The summed E-state index contributed by atoms with van der Waals surface area (Å²) in [6, 6.07) is 53.4. The van der Waals surface area contributed by atoms with E-state index in [2.05, 4.69) is 107 Å². The number of ether oxygens (including phenoxy) is 1. The molecule has 0 heterocycles. The second-order valence-electron chi connectivity index (χ2n) is 15.5. The lowest BCUT2D eigenvalue weighted by atomic mass is 10.0. The van der Waals surface area contributed by atoms with Gasteiger partial charge in [-0.2, -0.15) is 10.2 Å². The molecule has 0 radical (unpaired) electrons. The molecular weight excluding hydrogens is 723 g/mol. The highest BCUT2D eigenvalue weighted by atomic mass is 16.5. The monoisotopic (exact) mass is 783 g/mol. The highest BCUT2D eigenvalue weighted by Crippen LogP contribution is 2.38. The van der Waals surface area contributed by atoms with Crippen LogP contribution < -0.4 is 9.64 Å². The van der Waals surface area contributed by atoms with Crippen molar-refractivity contribution in [3.63, 3.8) is 0 Å². The van der Waals surface area contributed by atoms with Gasteiger partial charge in [0.15, 0.2) is 0 Å². The van der Waals surface area contributed by atoms with E-state index in [1.165, 1.54) is 94.6 Å². The van der Waals surface area contributed by atoms with Gasteiger partial charge in [-0.05, 0) is 101 Å². The molecule has 5 heteroatoms. The Labute approximate surface area is 353 Å². The van der Waals surface area contributed by atoms with Crippen LogP contribution in [0.15, 0.2) is 168 Å². The van der Waals surface area contributed by atoms with Crippen molar-refractivity contribution in [2.24, 2.45) is 10.2 Å². The molecule has 59 heavy (non-hydrogen) atoms. The molecule has 0 spiro atoms. The lowest BCUT2D eigenvalue weighted by molar-refractivity contribution is -0.134. The number of hydrogen-bond donors (Lipinski definition) is 0. The standard InChI is InChI=1S/C54H61N3O2/c1-2-3-4-5-6-7-8-9-10-11-12-13-14-15-22-27-54(58)59-53-42-32-47(33-43-53)46-30-38-51(39-31-46)57(50-36-28-45(29-37-50)44-23-18-16-19-24-44)52-40-34-49(35-41-52)56-55-48-25-20-17-21-26-48/h16-21,23-26,28-43H,2-15,22,27H2,1H3. The van der Waals surface area contributed by atoms with Crippen molar-refractivity contribution >= 4 is 34.4 Å². The summed E-state index contributed by atoms with van der Waals surface area (Å²) in [5, 5.41) is 8.85. The van der Waals surface area contributed by atoms with Gasteiger partial charge >= 0.3 is 5.97 Å². The summed E-state index contributed by atoms with van der Waals surface area (Å²) in [5.41, 5.74) is 9.19. The zero-order valence-corrected chi connectivity index (χ0v) is 35.0. The predicted molar refractivity (Wildman–Crippen MR) is 248 cm³/mol. The average molecular weight is 784 g/mol. The van der Waals surface area contributed by atoms with Gasteiger partial charge in [0.25, 0.3) is 0 Å². The van der Waals surface area contributed by atoms with E-state index in [1.54, 1.807) is 0 Å². The second-order valence-corrected chi connectivity index (χ2v) is 15.5. The average Bonchev–Trinajstić information content (AvgIpc) is 3.29. The van der Waals surface area contributed by atoms with Gasteiger partial charge in [-0.1, -0.05) is 182 Å². The third-order valence-corrected chi connectivity index (χ3v) is 10.9. The van der Waals surface area contributed by atoms with Gasteiger partial charge in [0.2, 0.25) is 0 Å². The molecule has 0 aliphatic rings. The SMILES string of the molecule is CCCCCCCCCCCCCCCCCC(=O)Oc1ccc(-c2ccc(N(c3ccc(N=Nc4ccccc4)cc3)c3ccc(-c4ccccc4)cc3)cc2)cc1. The van der Waals surface area contributed by atoms with Crippen LogP contribution >= 0.6 is 0 Å². The number of benzene rings is 6. The first-order valence-corrected chi connectivity index (χ1v) is 22.1. The normalized spacial score (nSPS) is 11.2. The summed E-state index contributed by atoms with van der Waals surface area (Å²) in [6.45, 7) is 2.28. The Balaban J connectivity index is 0.995. The molecule has 0 aromatic heterocycles. The number of anilines is 3. The van der Waals surface area contributed by atoms with Crippen molar-refractivity contribution in [3.8, 4) is 28.0 Å². The number of carbonyl (C=O) groups is 1. The zero-order valence-electron chi connectivity index (χ0n) is 35.0. The largest absolute Gasteiger partial charge is 0.427 e. The molecule has 0 N–H and O–H groups in total. The molecule has 0 aliphatic heterocycles. The Kier molecular flexibility index (Phi) is 17.5.